The van der Waals surface area contributed by atoms with Crippen molar-refractivity contribution in [2.75, 3.05) is 11.9 Å². The SMILES string of the molecule is O=C(NC[C@@H](O)Cc1ccccc1)C(=O)Nc1ccc(F)c(F)c1. The van der Waals surface area contributed by atoms with E-state index >= 15 is 0 Å². The predicted molar refractivity (Wildman–Crippen MR) is 84.2 cm³/mol. The number of anilines is 1. The Bertz CT molecular complexity index is 723. The van der Waals surface area contributed by atoms with Gasteiger partial charge in [-0.05, 0) is 17.7 Å². The molecule has 0 fully saturated rings. The number of nitrogens with one attached hydrogen (secondary N) is 2. The van der Waals surface area contributed by atoms with Gasteiger partial charge in [-0.2, -0.15) is 0 Å². The molecule has 2 aromatic rings. The van der Waals surface area contributed by atoms with E-state index in [-0.39, 0.29) is 12.2 Å². The molecule has 2 rings (SSSR count). The van der Waals surface area contributed by atoms with Crippen LogP contribution in [-0.4, -0.2) is 29.6 Å². The molecule has 0 aliphatic rings. The summed E-state index contributed by atoms with van der Waals surface area (Å²) in [5.74, 6) is -4.20. The largest absolute Gasteiger partial charge is 0.391 e. The van der Waals surface area contributed by atoms with E-state index in [4.69, 9.17) is 0 Å². The minimum absolute atomic E-state index is 0.0427. The van der Waals surface area contributed by atoms with E-state index in [0.717, 1.165) is 23.8 Å². The summed E-state index contributed by atoms with van der Waals surface area (Å²) in [6.45, 7) is -0.112. The second kappa shape index (κ2) is 8.16. The van der Waals surface area contributed by atoms with E-state index in [9.17, 15) is 23.5 Å². The van der Waals surface area contributed by atoms with Gasteiger partial charge in [0.25, 0.3) is 0 Å². The average Bonchev–Trinajstić information content (AvgIpc) is 2.57. The highest BCUT2D eigenvalue weighted by Crippen LogP contribution is 2.12. The highest BCUT2D eigenvalue weighted by Gasteiger charge is 2.16. The summed E-state index contributed by atoms with van der Waals surface area (Å²) in [7, 11) is 0. The zero-order valence-electron chi connectivity index (χ0n) is 12.6. The maximum Gasteiger partial charge on any atom is 0.313 e. The van der Waals surface area contributed by atoms with Gasteiger partial charge < -0.3 is 15.7 Å². The highest BCUT2D eigenvalue weighted by molar-refractivity contribution is 6.39. The van der Waals surface area contributed by atoms with Crippen LogP contribution in [0.2, 0.25) is 0 Å². The van der Waals surface area contributed by atoms with E-state index in [1.165, 1.54) is 0 Å². The number of aliphatic hydroxyl groups excluding tert-OH is 1. The van der Waals surface area contributed by atoms with E-state index < -0.39 is 29.6 Å². The number of carbonyl (C=O) groups excluding carboxylic acids is 2. The van der Waals surface area contributed by atoms with Gasteiger partial charge in [-0.25, -0.2) is 8.78 Å². The molecule has 0 unspecified atom stereocenters. The molecule has 2 amide bonds. The number of rotatable bonds is 5. The van der Waals surface area contributed by atoms with E-state index in [0.29, 0.717) is 6.42 Å². The number of amides is 2. The zero-order chi connectivity index (χ0) is 17.5. The molecule has 2 aromatic carbocycles. The maximum atomic E-state index is 13.0. The summed E-state index contributed by atoms with van der Waals surface area (Å²) in [4.78, 5) is 23.3. The van der Waals surface area contributed by atoms with Gasteiger partial charge in [0.2, 0.25) is 0 Å². The summed E-state index contributed by atoms with van der Waals surface area (Å²) in [5, 5.41) is 14.3. The van der Waals surface area contributed by atoms with Crippen molar-refractivity contribution in [1.82, 2.24) is 5.32 Å². The molecule has 7 heteroatoms. The maximum absolute atomic E-state index is 13.0. The Morgan fingerprint density at radius 2 is 1.71 bits per heavy atom. The summed E-state index contributed by atoms with van der Waals surface area (Å²) in [6.07, 6.45) is -0.529. The molecule has 0 saturated heterocycles. The lowest BCUT2D eigenvalue weighted by molar-refractivity contribution is -0.136. The summed E-state index contributed by atoms with van der Waals surface area (Å²) < 4.78 is 25.8. The highest BCUT2D eigenvalue weighted by atomic mass is 19.2. The molecular weight excluding hydrogens is 318 g/mol. The third-order valence-electron chi connectivity index (χ3n) is 3.20. The van der Waals surface area contributed by atoms with E-state index in [1.807, 2.05) is 30.3 Å². The van der Waals surface area contributed by atoms with Crippen molar-refractivity contribution in [2.45, 2.75) is 12.5 Å². The number of hydrogen-bond acceptors (Lipinski definition) is 3. The van der Waals surface area contributed by atoms with Gasteiger partial charge in [0, 0.05) is 24.7 Å². The number of carbonyl (C=O) groups is 2. The minimum Gasteiger partial charge on any atom is -0.391 e. The standard InChI is InChI=1S/C17H16F2N2O3/c18-14-7-6-12(9-15(14)19)21-17(24)16(23)20-10-13(22)8-11-4-2-1-3-5-11/h1-7,9,13,22H,8,10H2,(H,20,23)(H,21,24)/t13-/m0/s1. The smallest absolute Gasteiger partial charge is 0.313 e. The Kier molecular flexibility index (Phi) is 5.97. The number of halogens is 2. The van der Waals surface area contributed by atoms with Gasteiger partial charge in [-0.15, -0.1) is 0 Å². The predicted octanol–water partition coefficient (Wildman–Crippen LogP) is 1.62. The van der Waals surface area contributed by atoms with Crippen molar-refractivity contribution < 1.29 is 23.5 Å². The third-order valence-corrected chi connectivity index (χ3v) is 3.20. The Morgan fingerprint density at radius 3 is 2.38 bits per heavy atom. The molecule has 1 atom stereocenters. The van der Waals surface area contributed by atoms with Crippen LogP contribution in [0.3, 0.4) is 0 Å². The molecule has 0 heterocycles. The van der Waals surface area contributed by atoms with Crippen molar-refractivity contribution in [3.8, 4) is 0 Å². The van der Waals surface area contributed by atoms with Crippen molar-refractivity contribution in [1.29, 1.82) is 0 Å². The van der Waals surface area contributed by atoms with Crippen LogP contribution in [0, 0.1) is 11.6 Å². The molecule has 0 aromatic heterocycles. The lowest BCUT2D eigenvalue weighted by atomic mass is 10.1. The van der Waals surface area contributed by atoms with E-state index in [1.54, 1.807) is 0 Å². The molecule has 0 aliphatic carbocycles. The van der Waals surface area contributed by atoms with Crippen molar-refractivity contribution in [3.63, 3.8) is 0 Å². The zero-order valence-corrected chi connectivity index (χ0v) is 12.6. The molecule has 0 aliphatic heterocycles. The van der Waals surface area contributed by atoms with Crippen LogP contribution in [-0.2, 0) is 16.0 Å². The van der Waals surface area contributed by atoms with Gasteiger partial charge in [-0.1, -0.05) is 30.3 Å². The molecular formula is C17H16F2N2O3. The van der Waals surface area contributed by atoms with E-state index in [2.05, 4.69) is 10.6 Å². The first-order valence-electron chi connectivity index (χ1n) is 7.22. The quantitative estimate of drug-likeness (QED) is 0.727. The number of hydrogen-bond donors (Lipinski definition) is 3. The summed E-state index contributed by atoms with van der Waals surface area (Å²) in [6, 6.07) is 11.9. The Labute approximate surface area is 137 Å². The van der Waals surface area contributed by atoms with Crippen LogP contribution in [0.5, 0.6) is 0 Å². The lowest BCUT2D eigenvalue weighted by Gasteiger charge is -2.12. The Morgan fingerprint density at radius 1 is 1.00 bits per heavy atom. The molecule has 0 spiro atoms. The van der Waals surface area contributed by atoms with Crippen LogP contribution < -0.4 is 10.6 Å². The molecule has 0 saturated carbocycles. The fourth-order valence-corrected chi connectivity index (χ4v) is 2.01. The van der Waals surface area contributed by atoms with Crippen LogP contribution >= 0.6 is 0 Å². The summed E-state index contributed by atoms with van der Waals surface area (Å²) >= 11 is 0. The van der Waals surface area contributed by atoms with Gasteiger partial charge in [0.15, 0.2) is 11.6 Å². The van der Waals surface area contributed by atoms with Gasteiger partial charge in [0.1, 0.15) is 0 Å². The third kappa shape index (κ3) is 5.13. The van der Waals surface area contributed by atoms with Gasteiger partial charge in [0.05, 0.1) is 6.10 Å². The first-order valence-corrected chi connectivity index (χ1v) is 7.22. The van der Waals surface area contributed by atoms with Crippen LogP contribution in [0.15, 0.2) is 48.5 Å². The molecule has 0 radical (unpaired) electrons. The van der Waals surface area contributed by atoms with Crippen molar-refractivity contribution >= 4 is 17.5 Å². The Balaban J connectivity index is 1.81. The van der Waals surface area contributed by atoms with Crippen LogP contribution in [0.1, 0.15) is 5.56 Å². The van der Waals surface area contributed by atoms with Gasteiger partial charge >= 0.3 is 11.8 Å². The van der Waals surface area contributed by atoms with Gasteiger partial charge in [-0.3, -0.25) is 9.59 Å². The molecule has 126 valence electrons. The fraction of sp³-hybridized carbons (Fsp3) is 0.176. The number of aliphatic hydroxyl groups is 1. The Hall–Kier alpha value is -2.80. The molecule has 0 bridgehead atoms. The topological polar surface area (TPSA) is 78.4 Å². The average molecular weight is 334 g/mol. The number of benzene rings is 2. The second-order valence-electron chi connectivity index (χ2n) is 5.14. The van der Waals surface area contributed by atoms with Crippen LogP contribution in [0.25, 0.3) is 0 Å². The lowest BCUT2D eigenvalue weighted by Crippen LogP contribution is -2.40. The van der Waals surface area contributed by atoms with Crippen molar-refractivity contribution in [2.24, 2.45) is 0 Å². The monoisotopic (exact) mass is 334 g/mol. The normalized spacial score (nSPS) is 11.6. The van der Waals surface area contributed by atoms with Crippen LogP contribution in [0.4, 0.5) is 14.5 Å². The fourth-order valence-electron chi connectivity index (χ4n) is 2.01. The second-order valence-corrected chi connectivity index (χ2v) is 5.14. The molecule has 5 nitrogen and oxygen atoms in total. The first kappa shape index (κ1) is 17.6. The molecule has 24 heavy (non-hydrogen) atoms. The first-order chi connectivity index (χ1) is 11.5. The molecule has 3 N–H and O–H groups in total. The minimum atomic E-state index is -1.13. The van der Waals surface area contributed by atoms with Crippen molar-refractivity contribution in [3.05, 3.63) is 65.7 Å². The summed E-state index contributed by atoms with van der Waals surface area (Å²) in [5.41, 5.74) is 0.851.